The molecule has 1 saturated heterocycles. The second-order valence-corrected chi connectivity index (χ2v) is 5.80. The van der Waals surface area contributed by atoms with Crippen LogP contribution in [0.5, 0.6) is 0 Å². The van der Waals surface area contributed by atoms with E-state index in [-0.39, 0.29) is 12.1 Å². The summed E-state index contributed by atoms with van der Waals surface area (Å²) in [4.78, 5) is 24.2. The highest BCUT2D eigenvalue weighted by molar-refractivity contribution is 7.99. The zero-order chi connectivity index (χ0) is 13.0. The van der Waals surface area contributed by atoms with Crippen LogP contribution in [0.25, 0.3) is 0 Å². The molecule has 2 amide bonds. The molecule has 5 nitrogen and oxygen atoms in total. The van der Waals surface area contributed by atoms with Gasteiger partial charge in [-0.15, -0.1) is 11.8 Å². The second-order valence-electron chi connectivity index (χ2n) is 4.80. The Morgan fingerprint density at radius 3 is 2.65 bits per heavy atom. The third kappa shape index (κ3) is 4.11. The topological polar surface area (TPSA) is 69.6 Å². The molecular formula is C11H20N2O3S. The number of urea groups is 1. The lowest BCUT2D eigenvalue weighted by Crippen LogP contribution is -2.49. The Hall–Kier alpha value is -0.910. The minimum Gasteiger partial charge on any atom is -0.480 e. The number of hydrogen-bond donors (Lipinski definition) is 2. The van der Waals surface area contributed by atoms with E-state index in [0.29, 0.717) is 17.5 Å². The van der Waals surface area contributed by atoms with Gasteiger partial charge in [0.05, 0.1) is 5.88 Å². The van der Waals surface area contributed by atoms with E-state index in [1.807, 2.05) is 6.92 Å². The molecule has 1 aliphatic heterocycles. The van der Waals surface area contributed by atoms with E-state index in [0.717, 1.165) is 6.42 Å². The molecule has 1 aliphatic rings. The number of carbonyl (C=O) groups is 2. The minimum absolute atomic E-state index is 0.0718. The molecule has 2 N–H and O–H groups in total. The fourth-order valence-electron chi connectivity index (χ4n) is 1.91. The molecule has 0 aromatic heterocycles. The highest BCUT2D eigenvalue weighted by atomic mass is 32.2. The van der Waals surface area contributed by atoms with Gasteiger partial charge in [-0.3, -0.25) is 0 Å². The Bertz CT molecular complexity index is 296. The van der Waals surface area contributed by atoms with Crippen molar-refractivity contribution in [3.63, 3.8) is 0 Å². The SMILES string of the molecule is CC(C)CC(C)NC(=O)N1CSC[C@H]1C(=O)O. The third-order valence-electron chi connectivity index (χ3n) is 2.62. The van der Waals surface area contributed by atoms with Crippen molar-refractivity contribution < 1.29 is 14.7 Å². The van der Waals surface area contributed by atoms with Gasteiger partial charge in [0.15, 0.2) is 0 Å². The molecule has 1 unspecified atom stereocenters. The second kappa shape index (κ2) is 6.14. The molecule has 0 bridgehead atoms. The first kappa shape index (κ1) is 14.2. The first-order valence-electron chi connectivity index (χ1n) is 5.79. The summed E-state index contributed by atoms with van der Waals surface area (Å²) < 4.78 is 0. The van der Waals surface area contributed by atoms with E-state index in [9.17, 15) is 9.59 Å². The van der Waals surface area contributed by atoms with Gasteiger partial charge in [0.1, 0.15) is 6.04 Å². The Labute approximate surface area is 106 Å². The number of nitrogens with one attached hydrogen (secondary N) is 1. The summed E-state index contributed by atoms with van der Waals surface area (Å²) in [7, 11) is 0. The fourth-order valence-corrected chi connectivity index (χ4v) is 3.05. The van der Waals surface area contributed by atoms with E-state index in [4.69, 9.17) is 5.11 Å². The summed E-state index contributed by atoms with van der Waals surface area (Å²) in [6, 6.07) is -0.885. The van der Waals surface area contributed by atoms with Crippen molar-refractivity contribution in [1.29, 1.82) is 0 Å². The first-order valence-corrected chi connectivity index (χ1v) is 6.95. The van der Waals surface area contributed by atoms with Crippen LogP contribution in [0.3, 0.4) is 0 Å². The van der Waals surface area contributed by atoms with Crippen LogP contribution in [0.4, 0.5) is 4.79 Å². The van der Waals surface area contributed by atoms with E-state index >= 15 is 0 Å². The maximum absolute atomic E-state index is 11.9. The number of carboxylic acids is 1. The van der Waals surface area contributed by atoms with Gasteiger partial charge in [-0.1, -0.05) is 13.8 Å². The average Bonchev–Trinajstić information content (AvgIpc) is 2.63. The molecule has 0 saturated carbocycles. The van der Waals surface area contributed by atoms with Crippen LogP contribution in [-0.4, -0.2) is 45.7 Å². The van der Waals surface area contributed by atoms with E-state index in [2.05, 4.69) is 19.2 Å². The lowest BCUT2D eigenvalue weighted by Gasteiger charge is -2.24. The van der Waals surface area contributed by atoms with Gasteiger partial charge in [-0.2, -0.15) is 0 Å². The molecule has 98 valence electrons. The van der Waals surface area contributed by atoms with Crippen molar-refractivity contribution in [3.05, 3.63) is 0 Å². The number of amides is 2. The predicted octanol–water partition coefficient (Wildman–Crippen LogP) is 1.59. The molecule has 0 aromatic rings. The van der Waals surface area contributed by atoms with Crippen molar-refractivity contribution in [2.24, 2.45) is 5.92 Å². The third-order valence-corrected chi connectivity index (χ3v) is 3.64. The van der Waals surface area contributed by atoms with Crippen LogP contribution in [0.1, 0.15) is 27.2 Å². The smallest absolute Gasteiger partial charge is 0.327 e. The summed E-state index contributed by atoms with van der Waals surface area (Å²) in [5.74, 6) is 0.508. The highest BCUT2D eigenvalue weighted by Crippen LogP contribution is 2.21. The molecule has 6 heteroatoms. The molecule has 0 radical (unpaired) electrons. The van der Waals surface area contributed by atoms with Crippen LogP contribution < -0.4 is 5.32 Å². The maximum Gasteiger partial charge on any atom is 0.327 e. The van der Waals surface area contributed by atoms with Crippen LogP contribution in [0.2, 0.25) is 0 Å². The monoisotopic (exact) mass is 260 g/mol. The van der Waals surface area contributed by atoms with Gasteiger partial charge >= 0.3 is 12.0 Å². The van der Waals surface area contributed by atoms with Crippen LogP contribution in [0.15, 0.2) is 0 Å². The van der Waals surface area contributed by atoms with Crippen LogP contribution >= 0.6 is 11.8 Å². The molecule has 1 heterocycles. The van der Waals surface area contributed by atoms with Crippen molar-refractivity contribution in [1.82, 2.24) is 10.2 Å². The number of thioether (sulfide) groups is 1. The zero-order valence-electron chi connectivity index (χ0n) is 10.5. The number of carbonyl (C=O) groups excluding carboxylic acids is 1. The van der Waals surface area contributed by atoms with Crippen molar-refractivity contribution in [2.75, 3.05) is 11.6 Å². The van der Waals surface area contributed by atoms with Gasteiger partial charge in [-0.05, 0) is 19.3 Å². The number of rotatable bonds is 4. The molecule has 0 aliphatic carbocycles. The quantitative estimate of drug-likeness (QED) is 0.805. The Kier molecular flexibility index (Phi) is 5.11. The summed E-state index contributed by atoms with van der Waals surface area (Å²) in [5, 5.41) is 11.8. The Morgan fingerprint density at radius 2 is 2.12 bits per heavy atom. The summed E-state index contributed by atoms with van der Waals surface area (Å²) in [6.45, 7) is 6.12. The summed E-state index contributed by atoms with van der Waals surface area (Å²) in [5.41, 5.74) is 0. The van der Waals surface area contributed by atoms with Crippen LogP contribution in [-0.2, 0) is 4.79 Å². The molecule has 0 aromatic carbocycles. The number of aliphatic carboxylic acids is 1. The van der Waals surface area contributed by atoms with Gasteiger partial charge < -0.3 is 15.3 Å². The minimum atomic E-state index is -0.929. The van der Waals surface area contributed by atoms with Gasteiger partial charge in [0.25, 0.3) is 0 Å². The summed E-state index contributed by atoms with van der Waals surface area (Å²) in [6.07, 6.45) is 0.893. The standard InChI is InChI=1S/C11H20N2O3S/c1-7(2)4-8(3)12-11(16)13-6-17-5-9(13)10(14)15/h7-9H,4-6H2,1-3H3,(H,12,16)(H,14,15)/t8?,9-/m0/s1. The number of nitrogens with zero attached hydrogens (tertiary/aromatic N) is 1. The summed E-state index contributed by atoms with van der Waals surface area (Å²) >= 11 is 1.47. The molecule has 17 heavy (non-hydrogen) atoms. The lowest BCUT2D eigenvalue weighted by atomic mass is 10.1. The van der Waals surface area contributed by atoms with Gasteiger partial charge in [-0.25, -0.2) is 9.59 Å². The maximum atomic E-state index is 11.9. The Balaban J connectivity index is 2.49. The molecule has 2 atom stereocenters. The van der Waals surface area contributed by atoms with E-state index in [1.54, 1.807) is 0 Å². The van der Waals surface area contributed by atoms with Crippen LogP contribution in [0, 0.1) is 5.92 Å². The fraction of sp³-hybridized carbons (Fsp3) is 0.818. The number of hydrogen-bond acceptors (Lipinski definition) is 3. The first-order chi connectivity index (χ1) is 7.91. The predicted molar refractivity (Wildman–Crippen MR) is 68.0 cm³/mol. The van der Waals surface area contributed by atoms with Crippen molar-refractivity contribution >= 4 is 23.8 Å². The highest BCUT2D eigenvalue weighted by Gasteiger charge is 2.34. The lowest BCUT2D eigenvalue weighted by molar-refractivity contribution is -0.140. The van der Waals surface area contributed by atoms with Gasteiger partial charge in [0.2, 0.25) is 0 Å². The molecule has 1 fully saturated rings. The molecule has 1 rings (SSSR count). The van der Waals surface area contributed by atoms with E-state index in [1.165, 1.54) is 16.7 Å². The molecular weight excluding hydrogens is 240 g/mol. The van der Waals surface area contributed by atoms with Gasteiger partial charge in [0, 0.05) is 11.8 Å². The van der Waals surface area contributed by atoms with Crippen molar-refractivity contribution in [2.45, 2.75) is 39.3 Å². The van der Waals surface area contributed by atoms with Crippen molar-refractivity contribution in [3.8, 4) is 0 Å². The normalized spacial score (nSPS) is 21.6. The molecule has 0 spiro atoms. The number of carboxylic acid groups (broad SMARTS) is 1. The zero-order valence-corrected chi connectivity index (χ0v) is 11.3. The Morgan fingerprint density at radius 1 is 1.47 bits per heavy atom. The van der Waals surface area contributed by atoms with E-state index < -0.39 is 12.0 Å². The largest absolute Gasteiger partial charge is 0.480 e. The average molecular weight is 260 g/mol.